The van der Waals surface area contributed by atoms with E-state index in [1.165, 1.54) is 0 Å². The lowest BCUT2D eigenvalue weighted by Crippen LogP contribution is -2.37. The highest BCUT2D eigenvalue weighted by Gasteiger charge is 2.15. The van der Waals surface area contributed by atoms with Crippen molar-refractivity contribution in [2.75, 3.05) is 11.9 Å². The molecule has 0 aliphatic rings. The second kappa shape index (κ2) is 13.2. The zero-order valence-electron chi connectivity index (χ0n) is 19.2. The van der Waals surface area contributed by atoms with Gasteiger partial charge in [-0.05, 0) is 60.7 Å². The first kappa shape index (κ1) is 25.1. The number of rotatable bonds is 10. The fourth-order valence-electron chi connectivity index (χ4n) is 3.56. The third-order valence-corrected chi connectivity index (χ3v) is 5.41. The van der Waals surface area contributed by atoms with E-state index < -0.39 is 0 Å². The van der Waals surface area contributed by atoms with Crippen LogP contribution >= 0.6 is 11.6 Å². The summed E-state index contributed by atoms with van der Waals surface area (Å²) in [6.07, 6.45) is 3.51. The zero-order valence-corrected chi connectivity index (χ0v) is 19.9. The molecule has 2 amide bonds. The van der Waals surface area contributed by atoms with E-state index >= 15 is 0 Å². The van der Waals surface area contributed by atoms with Gasteiger partial charge in [-0.1, -0.05) is 78.3 Å². The van der Waals surface area contributed by atoms with Crippen molar-refractivity contribution >= 4 is 34.9 Å². The van der Waals surface area contributed by atoms with E-state index in [2.05, 4.69) is 16.7 Å². The first-order chi connectivity index (χ1) is 16.5. The Morgan fingerprint density at radius 1 is 0.912 bits per heavy atom. The Bertz CT molecular complexity index is 1040. The predicted octanol–water partition coefficient (Wildman–Crippen LogP) is 6.70. The monoisotopic (exact) mass is 476 g/mol. The highest BCUT2D eigenvalue weighted by molar-refractivity contribution is 6.30. The number of carbonyl (C=O) groups is 2. The normalized spacial score (nSPS) is 11.2. The molecule has 176 valence electrons. The average Bonchev–Trinajstić information content (AvgIpc) is 2.85. The average molecular weight is 477 g/mol. The number of urea groups is 1. The molecule has 0 radical (unpaired) electrons. The molecule has 0 saturated carbocycles. The molecule has 6 heteroatoms. The minimum Gasteiger partial charge on any atom is -0.466 e. The van der Waals surface area contributed by atoms with Crippen molar-refractivity contribution in [3.8, 4) is 0 Å². The summed E-state index contributed by atoms with van der Waals surface area (Å²) in [5.74, 6) is -0.234. The van der Waals surface area contributed by atoms with Crippen molar-refractivity contribution in [3.63, 3.8) is 0 Å². The molecular formula is C28H29ClN2O3. The number of halogens is 1. The van der Waals surface area contributed by atoms with Crippen LogP contribution in [0.25, 0.3) is 5.57 Å². The molecule has 34 heavy (non-hydrogen) atoms. The van der Waals surface area contributed by atoms with E-state index in [1.807, 2.05) is 60.7 Å². The minimum absolute atomic E-state index is 0.234. The lowest BCUT2D eigenvalue weighted by Gasteiger charge is -2.19. The van der Waals surface area contributed by atoms with E-state index in [-0.39, 0.29) is 18.0 Å². The highest BCUT2D eigenvalue weighted by atomic mass is 35.5. The maximum absolute atomic E-state index is 12.8. The van der Waals surface area contributed by atoms with Gasteiger partial charge in [0.15, 0.2) is 0 Å². The van der Waals surface area contributed by atoms with E-state index in [9.17, 15) is 9.59 Å². The summed E-state index contributed by atoms with van der Waals surface area (Å²) in [5, 5.41) is 6.48. The maximum atomic E-state index is 12.8. The van der Waals surface area contributed by atoms with Crippen molar-refractivity contribution in [1.29, 1.82) is 0 Å². The van der Waals surface area contributed by atoms with Crippen molar-refractivity contribution in [1.82, 2.24) is 5.32 Å². The van der Waals surface area contributed by atoms with Crippen molar-refractivity contribution in [2.24, 2.45) is 0 Å². The summed E-state index contributed by atoms with van der Waals surface area (Å²) >= 11 is 5.94. The molecule has 0 aliphatic heterocycles. The Labute approximate surface area is 205 Å². The van der Waals surface area contributed by atoms with Gasteiger partial charge < -0.3 is 15.4 Å². The van der Waals surface area contributed by atoms with Crippen LogP contribution in [-0.2, 0) is 9.53 Å². The summed E-state index contributed by atoms with van der Waals surface area (Å²) in [6, 6.07) is 26.4. The molecule has 1 atom stereocenters. The number of esters is 1. The lowest BCUT2D eigenvalue weighted by atomic mass is 9.94. The Morgan fingerprint density at radius 3 is 2.06 bits per heavy atom. The first-order valence-corrected chi connectivity index (χ1v) is 11.7. The molecule has 0 aliphatic carbocycles. The molecule has 1 unspecified atom stereocenters. The molecule has 0 spiro atoms. The van der Waals surface area contributed by atoms with E-state index in [4.69, 9.17) is 16.3 Å². The van der Waals surface area contributed by atoms with Gasteiger partial charge in [0.05, 0.1) is 6.61 Å². The Kier molecular flexibility index (Phi) is 9.74. The number of hydrogen-bond donors (Lipinski definition) is 2. The van der Waals surface area contributed by atoms with E-state index in [0.29, 0.717) is 36.6 Å². The third kappa shape index (κ3) is 8.09. The molecule has 5 nitrogen and oxygen atoms in total. The topological polar surface area (TPSA) is 67.4 Å². The molecule has 3 rings (SSSR count). The highest BCUT2D eigenvalue weighted by Crippen LogP contribution is 2.25. The number of ether oxygens (including phenoxy) is 1. The molecular weight excluding hydrogens is 448 g/mol. The Balaban J connectivity index is 1.83. The molecule has 2 N–H and O–H groups in total. The first-order valence-electron chi connectivity index (χ1n) is 11.4. The maximum Gasteiger partial charge on any atom is 0.319 e. The summed E-state index contributed by atoms with van der Waals surface area (Å²) in [7, 11) is 0. The van der Waals surface area contributed by atoms with Crippen LogP contribution in [-0.4, -0.2) is 24.6 Å². The van der Waals surface area contributed by atoms with E-state index in [1.54, 1.807) is 31.2 Å². The van der Waals surface area contributed by atoms with Gasteiger partial charge in [0.25, 0.3) is 0 Å². The van der Waals surface area contributed by atoms with Gasteiger partial charge >= 0.3 is 12.0 Å². The molecule has 0 aromatic heterocycles. The minimum atomic E-state index is -0.333. The Morgan fingerprint density at radius 2 is 1.50 bits per heavy atom. The predicted molar refractivity (Wildman–Crippen MR) is 138 cm³/mol. The van der Waals surface area contributed by atoms with Gasteiger partial charge in [0, 0.05) is 23.2 Å². The fourth-order valence-corrected chi connectivity index (χ4v) is 3.69. The summed E-state index contributed by atoms with van der Waals surface area (Å²) in [5.41, 5.74) is 3.74. The molecule has 0 fully saturated rings. The van der Waals surface area contributed by atoms with Gasteiger partial charge in [-0.3, -0.25) is 4.79 Å². The summed E-state index contributed by atoms with van der Waals surface area (Å²) in [4.78, 5) is 24.6. The van der Waals surface area contributed by atoms with Crippen molar-refractivity contribution in [3.05, 3.63) is 107 Å². The zero-order chi connectivity index (χ0) is 24.2. The van der Waals surface area contributed by atoms with Crippen LogP contribution in [0.1, 0.15) is 37.3 Å². The number of hydrogen-bond acceptors (Lipinski definition) is 3. The van der Waals surface area contributed by atoms with Gasteiger partial charge in [-0.15, -0.1) is 0 Å². The number of carbonyl (C=O) groups excluding carboxylic acids is 2. The van der Waals surface area contributed by atoms with Gasteiger partial charge in [0.1, 0.15) is 0 Å². The smallest absolute Gasteiger partial charge is 0.319 e. The van der Waals surface area contributed by atoms with E-state index in [0.717, 1.165) is 16.7 Å². The summed E-state index contributed by atoms with van der Waals surface area (Å²) in [6.45, 7) is 2.15. The second-order valence-electron chi connectivity index (χ2n) is 7.72. The fraction of sp³-hybridized carbons (Fsp3) is 0.214. The Hall–Kier alpha value is -3.57. The molecule has 3 aromatic rings. The summed E-state index contributed by atoms with van der Waals surface area (Å²) < 4.78 is 5.05. The quantitative estimate of drug-likeness (QED) is 0.320. The van der Waals surface area contributed by atoms with Crippen LogP contribution in [0.3, 0.4) is 0 Å². The second-order valence-corrected chi connectivity index (χ2v) is 8.16. The standard InChI is InChI=1S/C28H29ClN2O3/c1-2-34-27(32)15-9-14-25(31-28(33)30-24-18-16-23(29)17-19-24)20-26(21-10-5-3-6-11-21)22-12-7-4-8-13-22/h3-8,10-13,16-20,25H,2,9,14-15H2,1H3,(H2,30,31,33). The van der Waals surface area contributed by atoms with Crippen LogP contribution in [0.15, 0.2) is 91.0 Å². The van der Waals surface area contributed by atoms with Crippen LogP contribution in [0.5, 0.6) is 0 Å². The van der Waals surface area contributed by atoms with Gasteiger partial charge in [-0.2, -0.15) is 0 Å². The number of anilines is 1. The molecule has 3 aromatic carbocycles. The van der Waals surface area contributed by atoms with Gasteiger partial charge in [0.2, 0.25) is 0 Å². The number of amides is 2. The van der Waals surface area contributed by atoms with Crippen LogP contribution < -0.4 is 10.6 Å². The number of benzene rings is 3. The largest absolute Gasteiger partial charge is 0.466 e. The van der Waals surface area contributed by atoms with Crippen molar-refractivity contribution < 1.29 is 14.3 Å². The van der Waals surface area contributed by atoms with Crippen LogP contribution in [0.4, 0.5) is 10.5 Å². The molecule has 0 heterocycles. The van der Waals surface area contributed by atoms with Crippen LogP contribution in [0.2, 0.25) is 5.02 Å². The van der Waals surface area contributed by atoms with Crippen molar-refractivity contribution in [2.45, 2.75) is 32.2 Å². The lowest BCUT2D eigenvalue weighted by molar-refractivity contribution is -0.143. The SMILES string of the molecule is CCOC(=O)CCCC(C=C(c1ccccc1)c1ccccc1)NC(=O)Nc1ccc(Cl)cc1. The molecule has 0 bridgehead atoms. The van der Waals surface area contributed by atoms with Gasteiger partial charge in [-0.25, -0.2) is 4.79 Å². The van der Waals surface area contributed by atoms with Crippen LogP contribution in [0, 0.1) is 0 Å². The third-order valence-electron chi connectivity index (χ3n) is 5.16. The molecule has 0 saturated heterocycles. The number of nitrogens with one attached hydrogen (secondary N) is 2.